The van der Waals surface area contributed by atoms with Crippen LogP contribution in [0.5, 0.6) is 0 Å². The summed E-state index contributed by atoms with van der Waals surface area (Å²) in [5, 5.41) is 5.32. The van der Waals surface area contributed by atoms with Gasteiger partial charge in [-0.2, -0.15) is 0 Å². The lowest BCUT2D eigenvalue weighted by Crippen LogP contribution is -2.32. The molecule has 2 aromatic carbocycles. The van der Waals surface area contributed by atoms with Crippen LogP contribution in [0.4, 0.5) is 10.1 Å². The Balaban J connectivity index is 1.93. The number of amides is 1. The van der Waals surface area contributed by atoms with Crippen molar-refractivity contribution in [2.45, 2.75) is 4.90 Å². The van der Waals surface area contributed by atoms with Crippen LogP contribution in [0, 0.1) is 5.82 Å². The zero-order valence-electron chi connectivity index (χ0n) is 14.6. The number of hydrogen-bond acceptors (Lipinski definition) is 4. The van der Waals surface area contributed by atoms with E-state index in [0.717, 1.165) is 4.31 Å². The maximum Gasteiger partial charge on any atom is 0.250 e. The molecule has 0 bridgehead atoms. The molecule has 0 fully saturated rings. The molecule has 0 unspecified atom stereocenters. The highest BCUT2D eigenvalue weighted by atomic mass is 32.2. The molecule has 6 nitrogen and oxygen atoms in total. The predicted octanol–water partition coefficient (Wildman–Crippen LogP) is 2.60. The van der Waals surface area contributed by atoms with E-state index in [1.165, 1.54) is 50.5 Å². The van der Waals surface area contributed by atoms with Gasteiger partial charge in [-0.05, 0) is 60.3 Å². The van der Waals surface area contributed by atoms with Crippen molar-refractivity contribution in [2.24, 2.45) is 0 Å². The minimum Gasteiger partial charge on any atom is -0.332 e. The fraction of sp³-hybridized carbons (Fsp3) is 0.111. The molecule has 2 rings (SSSR count). The van der Waals surface area contributed by atoms with Gasteiger partial charge in [0.2, 0.25) is 15.9 Å². The van der Waals surface area contributed by atoms with E-state index in [1.54, 1.807) is 24.3 Å². The number of carbonyl (C=O) groups excluding carboxylic acids is 1. The average Bonchev–Trinajstić information content (AvgIpc) is 2.61. The van der Waals surface area contributed by atoms with E-state index < -0.39 is 15.9 Å². The number of thiocarbonyl (C=S) groups is 1. The molecule has 0 heterocycles. The van der Waals surface area contributed by atoms with E-state index in [9.17, 15) is 17.6 Å². The summed E-state index contributed by atoms with van der Waals surface area (Å²) in [5.41, 5.74) is 1.20. The molecule has 0 aliphatic carbocycles. The SMILES string of the molecule is CN(C)S(=O)(=O)c1ccc(NC(=S)NC(=O)/C=C/c2ccc(F)cc2)cc1. The van der Waals surface area contributed by atoms with Crippen LogP contribution in [0.2, 0.25) is 0 Å². The fourth-order valence-corrected chi connectivity index (χ4v) is 3.10. The van der Waals surface area contributed by atoms with Crippen molar-refractivity contribution < 1.29 is 17.6 Å². The normalized spacial score (nSPS) is 11.6. The van der Waals surface area contributed by atoms with E-state index in [1.807, 2.05) is 0 Å². The van der Waals surface area contributed by atoms with Crippen LogP contribution in [-0.4, -0.2) is 37.8 Å². The van der Waals surface area contributed by atoms with E-state index in [-0.39, 0.29) is 15.8 Å². The zero-order valence-corrected chi connectivity index (χ0v) is 16.3. The van der Waals surface area contributed by atoms with Crippen molar-refractivity contribution in [1.82, 2.24) is 9.62 Å². The van der Waals surface area contributed by atoms with Gasteiger partial charge in [0.25, 0.3) is 0 Å². The molecule has 0 aliphatic heterocycles. The van der Waals surface area contributed by atoms with Crippen molar-refractivity contribution in [3.05, 3.63) is 66.0 Å². The summed E-state index contributed by atoms with van der Waals surface area (Å²) < 4.78 is 38.0. The number of halogens is 1. The molecule has 0 spiro atoms. The lowest BCUT2D eigenvalue weighted by atomic mass is 10.2. The van der Waals surface area contributed by atoms with E-state index in [4.69, 9.17) is 12.2 Å². The van der Waals surface area contributed by atoms with Gasteiger partial charge in [0, 0.05) is 25.9 Å². The van der Waals surface area contributed by atoms with Crippen molar-refractivity contribution in [3.63, 3.8) is 0 Å². The number of anilines is 1. The van der Waals surface area contributed by atoms with Gasteiger partial charge < -0.3 is 5.32 Å². The highest BCUT2D eigenvalue weighted by Gasteiger charge is 2.16. The Labute approximate surface area is 162 Å². The van der Waals surface area contributed by atoms with E-state index in [0.29, 0.717) is 11.3 Å². The Morgan fingerprint density at radius 1 is 1.07 bits per heavy atom. The van der Waals surface area contributed by atoms with Crippen LogP contribution >= 0.6 is 12.2 Å². The second kappa shape index (κ2) is 8.85. The number of hydrogen-bond donors (Lipinski definition) is 2. The van der Waals surface area contributed by atoms with Crippen molar-refractivity contribution in [1.29, 1.82) is 0 Å². The molecule has 1 amide bonds. The van der Waals surface area contributed by atoms with Gasteiger partial charge in [0.1, 0.15) is 5.82 Å². The van der Waals surface area contributed by atoms with Crippen molar-refractivity contribution in [3.8, 4) is 0 Å². The Kier molecular flexibility index (Phi) is 6.78. The fourth-order valence-electron chi connectivity index (χ4n) is 1.98. The first-order valence-electron chi connectivity index (χ1n) is 7.77. The molecule has 0 saturated heterocycles. The summed E-state index contributed by atoms with van der Waals surface area (Å²) >= 11 is 5.06. The lowest BCUT2D eigenvalue weighted by Gasteiger charge is -2.12. The van der Waals surface area contributed by atoms with Gasteiger partial charge in [0.15, 0.2) is 5.11 Å². The third-order valence-electron chi connectivity index (χ3n) is 3.42. The van der Waals surface area contributed by atoms with Crippen molar-refractivity contribution >= 4 is 45.0 Å². The standard InChI is InChI=1S/C18H18FN3O3S2/c1-22(2)27(24,25)16-10-8-15(9-11-16)20-18(26)21-17(23)12-5-13-3-6-14(19)7-4-13/h3-12H,1-2H3,(H2,20,21,23,26)/b12-5+. The minimum atomic E-state index is -3.51. The molecule has 0 aliphatic rings. The number of benzene rings is 2. The Bertz CT molecular complexity index is 954. The number of nitrogens with zero attached hydrogens (tertiary/aromatic N) is 1. The molecule has 0 atom stereocenters. The molecule has 142 valence electrons. The third-order valence-corrected chi connectivity index (χ3v) is 5.46. The first kappa shape index (κ1) is 20.7. The highest BCUT2D eigenvalue weighted by molar-refractivity contribution is 7.89. The molecule has 27 heavy (non-hydrogen) atoms. The van der Waals surface area contributed by atoms with Gasteiger partial charge in [-0.25, -0.2) is 17.1 Å². The molecule has 2 aromatic rings. The number of nitrogens with one attached hydrogen (secondary N) is 2. The number of carbonyl (C=O) groups is 1. The Morgan fingerprint density at radius 2 is 1.67 bits per heavy atom. The van der Waals surface area contributed by atoms with Gasteiger partial charge in [-0.1, -0.05) is 12.1 Å². The van der Waals surface area contributed by atoms with Gasteiger partial charge in [-0.3, -0.25) is 10.1 Å². The topological polar surface area (TPSA) is 78.5 Å². The van der Waals surface area contributed by atoms with Gasteiger partial charge in [0.05, 0.1) is 4.90 Å². The van der Waals surface area contributed by atoms with Crippen LogP contribution in [-0.2, 0) is 14.8 Å². The first-order valence-corrected chi connectivity index (χ1v) is 9.61. The maximum atomic E-state index is 12.8. The second-order valence-corrected chi connectivity index (χ2v) is 8.20. The monoisotopic (exact) mass is 407 g/mol. The summed E-state index contributed by atoms with van der Waals surface area (Å²) in [6.07, 6.45) is 2.80. The van der Waals surface area contributed by atoms with Gasteiger partial charge >= 0.3 is 0 Å². The first-order chi connectivity index (χ1) is 12.7. The maximum absolute atomic E-state index is 12.8. The summed E-state index contributed by atoms with van der Waals surface area (Å²) in [6, 6.07) is 11.6. The smallest absolute Gasteiger partial charge is 0.250 e. The predicted molar refractivity (Wildman–Crippen MR) is 107 cm³/mol. The molecule has 9 heteroatoms. The minimum absolute atomic E-state index is 0.0620. The molecule has 0 aromatic heterocycles. The van der Waals surface area contributed by atoms with Crippen LogP contribution in [0.1, 0.15) is 5.56 Å². The van der Waals surface area contributed by atoms with Gasteiger partial charge in [-0.15, -0.1) is 0 Å². The van der Waals surface area contributed by atoms with Crippen LogP contribution in [0.3, 0.4) is 0 Å². The Hall–Kier alpha value is -2.62. The van der Waals surface area contributed by atoms with E-state index >= 15 is 0 Å². The van der Waals surface area contributed by atoms with Crippen LogP contribution in [0.15, 0.2) is 59.5 Å². The van der Waals surface area contributed by atoms with Crippen LogP contribution < -0.4 is 10.6 Å². The molecule has 2 N–H and O–H groups in total. The number of sulfonamides is 1. The Morgan fingerprint density at radius 3 is 2.22 bits per heavy atom. The zero-order chi connectivity index (χ0) is 20.0. The quantitative estimate of drug-likeness (QED) is 0.588. The molecular weight excluding hydrogens is 389 g/mol. The third kappa shape index (κ3) is 5.95. The second-order valence-electron chi connectivity index (χ2n) is 5.64. The van der Waals surface area contributed by atoms with E-state index in [2.05, 4.69) is 10.6 Å². The molecule has 0 saturated carbocycles. The highest BCUT2D eigenvalue weighted by Crippen LogP contribution is 2.16. The summed E-state index contributed by atoms with van der Waals surface area (Å²) in [7, 11) is -0.607. The number of rotatable bonds is 5. The van der Waals surface area contributed by atoms with Crippen molar-refractivity contribution in [2.75, 3.05) is 19.4 Å². The molecule has 0 radical (unpaired) electrons. The summed E-state index contributed by atoms with van der Waals surface area (Å²) in [4.78, 5) is 12.0. The summed E-state index contributed by atoms with van der Waals surface area (Å²) in [5.74, 6) is -0.810. The van der Waals surface area contributed by atoms with Crippen LogP contribution in [0.25, 0.3) is 6.08 Å². The average molecular weight is 407 g/mol. The summed E-state index contributed by atoms with van der Waals surface area (Å²) in [6.45, 7) is 0. The largest absolute Gasteiger partial charge is 0.332 e. The molecular formula is C18H18FN3O3S2. The lowest BCUT2D eigenvalue weighted by molar-refractivity contribution is -0.115.